The van der Waals surface area contributed by atoms with Gasteiger partial charge in [0.25, 0.3) is 0 Å². The fourth-order valence-electron chi connectivity index (χ4n) is 2.42. The van der Waals surface area contributed by atoms with Crippen molar-refractivity contribution in [3.63, 3.8) is 0 Å². The molecule has 1 atom stereocenters. The molecule has 1 saturated heterocycles. The Morgan fingerprint density at radius 3 is 2.80 bits per heavy atom. The largest absolute Gasteiger partial charge is 0.294 e. The summed E-state index contributed by atoms with van der Waals surface area (Å²) in [6.07, 6.45) is 0.570. The number of carbonyl (C=O) groups is 3. The Hall–Kier alpha value is -2.01. The maximum absolute atomic E-state index is 12.3. The van der Waals surface area contributed by atoms with E-state index >= 15 is 0 Å². The summed E-state index contributed by atoms with van der Waals surface area (Å²) < 4.78 is 0. The molecule has 20 heavy (non-hydrogen) atoms. The lowest BCUT2D eigenvalue weighted by Crippen LogP contribution is -2.58. The standard InChI is InChI=1S/C15H18N2O3/c1-3-12-15(20)16-14(19)9-17(12)8-13(18)11-6-4-5-10(2)7-11/h4-7,12H,3,8-9H2,1-2H3,(H,16,19,20). The van der Waals surface area contributed by atoms with Crippen molar-refractivity contribution >= 4 is 17.6 Å². The van der Waals surface area contributed by atoms with Crippen molar-refractivity contribution in [1.82, 2.24) is 10.2 Å². The van der Waals surface area contributed by atoms with Crippen molar-refractivity contribution in [3.05, 3.63) is 35.4 Å². The van der Waals surface area contributed by atoms with Crippen LogP contribution in [-0.2, 0) is 9.59 Å². The smallest absolute Gasteiger partial charge is 0.243 e. The number of hydrogen-bond donors (Lipinski definition) is 1. The van der Waals surface area contributed by atoms with Gasteiger partial charge in [-0.1, -0.05) is 30.7 Å². The van der Waals surface area contributed by atoms with E-state index in [0.29, 0.717) is 12.0 Å². The Morgan fingerprint density at radius 2 is 2.15 bits per heavy atom. The van der Waals surface area contributed by atoms with Crippen LogP contribution in [-0.4, -0.2) is 41.6 Å². The van der Waals surface area contributed by atoms with Crippen LogP contribution in [0.4, 0.5) is 0 Å². The highest BCUT2D eigenvalue weighted by Gasteiger charge is 2.33. The lowest BCUT2D eigenvalue weighted by atomic mass is 10.0. The lowest BCUT2D eigenvalue weighted by molar-refractivity contribution is -0.139. The van der Waals surface area contributed by atoms with Crippen molar-refractivity contribution in [1.29, 1.82) is 0 Å². The molecule has 0 saturated carbocycles. The highest BCUT2D eigenvalue weighted by molar-refractivity contribution is 6.03. The summed E-state index contributed by atoms with van der Waals surface area (Å²) in [5.74, 6) is -0.743. The van der Waals surface area contributed by atoms with E-state index in [1.165, 1.54) is 0 Å². The molecule has 2 rings (SSSR count). The Labute approximate surface area is 118 Å². The van der Waals surface area contributed by atoms with Crippen LogP contribution in [0.25, 0.3) is 0 Å². The fourth-order valence-corrected chi connectivity index (χ4v) is 2.42. The molecule has 1 aliphatic heterocycles. The number of aryl methyl sites for hydroxylation is 1. The predicted molar refractivity (Wildman–Crippen MR) is 74.3 cm³/mol. The van der Waals surface area contributed by atoms with E-state index in [9.17, 15) is 14.4 Å². The normalized spacial score (nSPS) is 19.8. The maximum Gasteiger partial charge on any atom is 0.243 e. The molecule has 0 aromatic heterocycles. The number of amides is 2. The third kappa shape index (κ3) is 3.11. The van der Waals surface area contributed by atoms with Crippen LogP contribution < -0.4 is 5.32 Å². The van der Waals surface area contributed by atoms with Crippen LogP contribution in [0.3, 0.4) is 0 Å². The zero-order valence-electron chi connectivity index (χ0n) is 11.7. The highest BCUT2D eigenvalue weighted by Crippen LogP contribution is 2.12. The molecule has 5 nitrogen and oxygen atoms in total. The second-order valence-electron chi connectivity index (χ2n) is 5.03. The third-order valence-corrected chi connectivity index (χ3v) is 3.43. The first kappa shape index (κ1) is 14.4. The quantitative estimate of drug-likeness (QED) is 0.655. The van der Waals surface area contributed by atoms with Gasteiger partial charge in [-0.15, -0.1) is 0 Å². The average molecular weight is 274 g/mol. The van der Waals surface area contributed by atoms with Crippen LogP contribution in [0.2, 0.25) is 0 Å². The maximum atomic E-state index is 12.3. The predicted octanol–water partition coefficient (Wildman–Crippen LogP) is 0.915. The van der Waals surface area contributed by atoms with Gasteiger partial charge in [-0.3, -0.25) is 24.6 Å². The summed E-state index contributed by atoms with van der Waals surface area (Å²) in [6.45, 7) is 3.95. The molecular formula is C15H18N2O3. The second-order valence-corrected chi connectivity index (χ2v) is 5.03. The van der Waals surface area contributed by atoms with Crippen LogP contribution in [0.5, 0.6) is 0 Å². The van der Waals surface area contributed by atoms with Gasteiger partial charge in [0.2, 0.25) is 11.8 Å². The molecule has 1 unspecified atom stereocenters. The molecule has 1 fully saturated rings. The first-order valence-corrected chi connectivity index (χ1v) is 6.69. The monoisotopic (exact) mass is 274 g/mol. The third-order valence-electron chi connectivity index (χ3n) is 3.43. The zero-order valence-corrected chi connectivity index (χ0v) is 11.7. The number of piperazine rings is 1. The molecule has 1 aromatic rings. The molecule has 0 spiro atoms. The summed E-state index contributed by atoms with van der Waals surface area (Å²) in [4.78, 5) is 37.1. The van der Waals surface area contributed by atoms with E-state index in [0.717, 1.165) is 5.56 Å². The van der Waals surface area contributed by atoms with Crippen molar-refractivity contribution in [2.24, 2.45) is 0 Å². The van der Waals surface area contributed by atoms with Crippen molar-refractivity contribution < 1.29 is 14.4 Å². The van der Waals surface area contributed by atoms with Crippen LogP contribution in [0.15, 0.2) is 24.3 Å². The molecule has 5 heteroatoms. The molecule has 0 aliphatic carbocycles. The van der Waals surface area contributed by atoms with E-state index in [4.69, 9.17) is 0 Å². The first-order chi connectivity index (χ1) is 9.51. The first-order valence-electron chi connectivity index (χ1n) is 6.69. The van der Waals surface area contributed by atoms with Gasteiger partial charge in [-0.25, -0.2) is 0 Å². The van der Waals surface area contributed by atoms with Crippen LogP contribution >= 0.6 is 0 Å². The van der Waals surface area contributed by atoms with Gasteiger partial charge in [0, 0.05) is 5.56 Å². The summed E-state index contributed by atoms with van der Waals surface area (Å²) in [7, 11) is 0. The Bertz CT molecular complexity index is 554. The number of imide groups is 1. The molecular weight excluding hydrogens is 256 g/mol. The van der Waals surface area contributed by atoms with E-state index in [1.54, 1.807) is 11.0 Å². The highest BCUT2D eigenvalue weighted by atomic mass is 16.2. The van der Waals surface area contributed by atoms with E-state index in [-0.39, 0.29) is 30.7 Å². The molecule has 1 heterocycles. The molecule has 1 N–H and O–H groups in total. The SMILES string of the molecule is CCC1C(=O)NC(=O)CN1CC(=O)c1cccc(C)c1. The van der Waals surface area contributed by atoms with Gasteiger partial charge in [-0.05, 0) is 19.4 Å². The van der Waals surface area contributed by atoms with Gasteiger partial charge in [0.1, 0.15) is 0 Å². The number of nitrogens with one attached hydrogen (secondary N) is 1. The minimum atomic E-state index is -0.415. The lowest BCUT2D eigenvalue weighted by Gasteiger charge is -2.32. The zero-order chi connectivity index (χ0) is 14.7. The number of ketones is 1. The minimum absolute atomic E-state index is 0.0744. The number of carbonyl (C=O) groups excluding carboxylic acids is 3. The van der Waals surface area contributed by atoms with Crippen molar-refractivity contribution in [3.8, 4) is 0 Å². The summed E-state index contributed by atoms with van der Waals surface area (Å²) in [5, 5.41) is 2.30. The Kier molecular flexibility index (Phi) is 4.29. The number of Topliss-reactive ketones (excluding diaryl/α,β-unsaturated/α-hetero) is 1. The summed E-state index contributed by atoms with van der Waals surface area (Å²) in [6, 6.07) is 6.90. The van der Waals surface area contributed by atoms with Gasteiger partial charge in [-0.2, -0.15) is 0 Å². The molecule has 1 aliphatic rings. The average Bonchev–Trinajstić information content (AvgIpc) is 2.38. The van der Waals surface area contributed by atoms with E-state index < -0.39 is 6.04 Å². The van der Waals surface area contributed by atoms with Crippen LogP contribution in [0.1, 0.15) is 29.3 Å². The minimum Gasteiger partial charge on any atom is -0.294 e. The van der Waals surface area contributed by atoms with Gasteiger partial charge < -0.3 is 0 Å². The molecule has 2 amide bonds. The molecule has 106 valence electrons. The van der Waals surface area contributed by atoms with Crippen molar-refractivity contribution in [2.45, 2.75) is 26.3 Å². The Morgan fingerprint density at radius 1 is 1.40 bits per heavy atom. The number of nitrogens with zero attached hydrogens (tertiary/aromatic N) is 1. The van der Waals surface area contributed by atoms with E-state index in [2.05, 4.69) is 5.32 Å². The second kappa shape index (κ2) is 5.96. The summed E-state index contributed by atoms with van der Waals surface area (Å²) in [5.41, 5.74) is 1.62. The van der Waals surface area contributed by atoms with Crippen LogP contribution in [0, 0.1) is 6.92 Å². The topological polar surface area (TPSA) is 66.5 Å². The Balaban J connectivity index is 2.13. The molecule has 0 bridgehead atoms. The van der Waals surface area contributed by atoms with Gasteiger partial charge in [0.15, 0.2) is 5.78 Å². The number of rotatable bonds is 4. The van der Waals surface area contributed by atoms with Gasteiger partial charge in [0.05, 0.1) is 19.1 Å². The van der Waals surface area contributed by atoms with E-state index in [1.807, 2.05) is 32.0 Å². The van der Waals surface area contributed by atoms with Gasteiger partial charge >= 0.3 is 0 Å². The molecule has 0 radical (unpaired) electrons. The number of benzene rings is 1. The fraction of sp³-hybridized carbons (Fsp3) is 0.400. The number of hydrogen-bond acceptors (Lipinski definition) is 4. The van der Waals surface area contributed by atoms with Crippen molar-refractivity contribution in [2.75, 3.05) is 13.1 Å². The molecule has 1 aromatic carbocycles. The summed E-state index contributed by atoms with van der Waals surface area (Å²) >= 11 is 0.